The van der Waals surface area contributed by atoms with Crippen LogP contribution in [0.5, 0.6) is 5.75 Å². The maximum Gasteiger partial charge on any atom is 0.241 e. The van der Waals surface area contributed by atoms with Crippen LogP contribution in [0.15, 0.2) is 23.1 Å². The predicted octanol–water partition coefficient (Wildman–Crippen LogP) is 1.07. The normalized spacial score (nSPS) is 13.2. The monoisotopic (exact) mass is 339 g/mol. The van der Waals surface area contributed by atoms with Crippen LogP contribution >= 0.6 is 0 Å². The molecule has 0 aliphatic rings. The van der Waals surface area contributed by atoms with Gasteiger partial charge in [0.05, 0.1) is 10.5 Å². The minimum atomic E-state index is -4.16. The predicted molar refractivity (Wildman–Crippen MR) is 76.8 cm³/mol. The Bertz CT molecular complexity index is 721. The zero-order valence-electron chi connectivity index (χ0n) is 12.0. The van der Waals surface area contributed by atoms with Crippen molar-refractivity contribution in [2.45, 2.75) is 30.4 Å². The Labute approximate surface area is 124 Å². The molecule has 1 rings (SSSR count). The fourth-order valence-corrected chi connectivity index (χ4v) is 2.99. The second-order valence-electron chi connectivity index (χ2n) is 5.42. The number of primary sulfonamides is 1. The third-order valence-corrected chi connectivity index (χ3v) is 6.26. The summed E-state index contributed by atoms with van der Waals surface area (Å²) in [6.45, 7) is 4.40. The Kier molecular flexibility index (Phi) is 5.01. The van der Waals surface area contributed by atoms with Gasteiger partial charge in [0.15, 0.2) is 9.84 Å². The number of ether oxygens (including phenoxy) is 1. The SMILES string of the molecule is CC(C)(C)S(=O)(=O)CCOc1ccc(F)cc1S(N)(=O)=O. The summed E-state index contributed by atoms with van der Waals surface area (Å²) < 4.78 is 63.7. The van der Waals surface area contributed by atoms with Crippen LogP contribution in [-0.2, 0) is 19.9 Å². The van der Waals surface area contributed by atoms with E-state index >= 15 is 0 Å². The molecule has 1 aromatic carbocycles. The van der Waals surface area contributed by atoms with Crippen molar-refractivity contribution < 1.29 is 26.0 Å². The van der Waals surface area contributed by atoms with E-state index in [1.54, 1.807) is 20.8 Å². The van der Waals surface area contributed by atoms with Crippen LogP contribution < -0.4 is 9.88 Å². The molecule has 6 nitrogen and oxygen atoms in total. The second-order valence-corrected chi connectivity index (χ2v) is 9.81. The molecule has 2 N–H and O–H groups in total. The van der Waals surface area contributed by atoms with Crippen molar-refractivity contribution in [3.8, 4) is 5.75 Å². The summed E-state index contributed by atoms with van der Waals surface area (Å²) in [7, 11) is -7.57. The van der Waals surface area contributed by atoms with Gasteiger partial charge in [-0.3, -0.25) is 0 Å². The van der Waals surface area contributed by atoms with Gasteiger partial charge in [0.2, 0.25) is 10.0 Å². The maximum absolute atomic E-state index is 13.1. The number of sulfone groups is 1. The van der Waals surface area contributed by atoms with Gasteiger partial charge in [-0.15, -0.1) is 0 Å². The van der Waals surface area contributed by atoms with Crippen molar-refractivity contribution in [1.82, 2.24) is 0 Å². The molecular weight excluding hydrogens is 321 g/mol. The first-order chi connectivity index (χ1) is 9.34. The van der Waals surface area contributed by atoms with Crippen molar-refractivity contribution >= 4 is 19.9 Å². The van der Waals surface area contributed by atoms with E-state index in [1.807, 2.05) is 0 Å². The summed E-state index contributed by atoms with van der Waals surface area (Å²) in [5, 5.41) is 4.96. The summed E-state index contributed by atoms with van der Waals surface area (Å²) in [5.41, 5.74) is 0. The van der Waals surface area contributed by atoms with Crippen molar-refractivity contribution in [2.24, 2.45) is 5.14 Å². The van der Waals surface area contributed by atoms with Crippen molar-refractivity contribution in [1.29, 1.82) is 0 Å². The first-order valence-electron chi connectivity index (χ1n) is 6.02. The van der Waals surface area contributed by atoms with E-state index in [0.717, 1.165) is 18.2 Å². The standard InChI is InChI=1S/C12H18FNO5S2/c1-12(2,3)20(15,16)7-6-19-10-5-4-9(13)8-11(10)21(14,17)18/h4-5,8H,6-7H2,1-3H3,(H2,14,17,18). The van der Waals surface area contributed by atoms with E-state index in [2.05, 4.69) is 0 Å². The molecule has 9 heteroatoms. The lowest BCUT2D eigenvalue weighted by atomic mass is 10.3. The number of nitrogens with two attached hydrogens (primary N) is 1. The number of rotatable bonds is 5. The van der Waals surface area contributed by atoms with E-state index in [0.29, 0.717) is 0 Å². The Morgan fingerprint density at radius 3 is 2.24 bits per heavy atom. The fraction of sp³-hybridized carbons (Fsp3) is 0.500. The number of hydrogen-bond donors (Lipinski definition) is 1. The van der Waals surface area contributed by atoms with Gasteiger partial charge in [-0.25, -0.2) is 26.4 Å². The molecule has 0 heterocycles. The molecule has 0 aliphatic carbocycles. The molecule has 0 spiro atoms. The summed E-state index contributed by atoms with van der Waals surface area (Å²) in [5.74, 6) is -1.26. The average molecular weight is 339 g/mol. The third kappa shape index (κ3) is 4.65. The quantitative estimate of drug-likeness (QED) is 0.864. The maximum atomic E-state index is 13.1. The lowest BCUT2D eigenvalue weighted by Crippen LogP contribution is -2.32. The highest BCUT2D eigenvalue weighted by atomic mass is 32.2. The first-order valence-corrected chi connectivity index (χ1v) is 9.22. The van der Waals surface area contributed by atoms with Crippen molar-refractivity contribution in [3.05, 3.63) is 24.0 Å². The Morgan fingerprint density at radius 2 is 1.76 bits per heavy atom. The van der Waals surface area contributed by atoms with E-state index in [-0.39, 0.29) is 18.1 Å². The van der Waals surface area contributed by atoms with E-state index < -0.39 is 35.3 Å². The number of halogens is 1. The molecule has 0 saturated heterocycles. The van der Waals surface area contributed by atoms with Gasteiger partial charge in [-0.05, 0) is 39.0 Å². The molecule has 0 unspecified atom stereocenters. The summed E-state index contributed by atoms with van der Waals surface area (Å²) in [6, 6.07) is 2.82. The Morgan fingerprint density at radius 1 is 1.19 bits per heavy atom. The van der Waals surface area contributed by atoms with E-state index in [1.165, 1.54) is 0 Å². The van der Waals surface area contributed by atoms with Crippen molar-refractivity contribution in [2.75, 3.05) is 12.4 Å². The van der Waals surface area contributed by atoms with Crippen LogP contribution in [0.3, 0.4) is 0 Å². The topological polar surface area (TPSA) is 104 Å². The zero-order chi connectivity index (χ0) is 16.5. The highest BCUT2D eigenvalue weighted by molar-refractivity contribution is 7.92. The minimum absolute atomic E-state index is 0.178. The molecule has 0 atom stereocenters. The van der Waals surface area contributed by atoms with Crippen LogP contribution in [0.2, 0.25) is 0 Å². The lowest BCUT2D eigenvalue weighted by molar-refractivity contribution is 0.330. The van der Waals surface area contributed by atoms with Crippen molar-refractivity contribution in [3.63, 3.8) is 0 Å². The minimum Gasteiger partial charge on any atom is -0.491 e. The van der Waals surface area contributed by atoms with Gasteiger partial charge in [0.25, 0.3) is 0 Å². The van der Waals surface area contributed by atoms with Gasteiger partial charge in [0.1, 0.15) is 23.1 Å². The smallest absolute Gasteiger partial charge is 0.241 e. The molecular formula is C12H18FNO5S2. The molecule has 0 aliphatic heterocycles. The zero-order valence-corrected chi connectivity index (χ0v) is 13.6. The molecule has 1 aromatic rings. The number of hydrogen-bond acceptors (Lipinski definition) is 5. The average Bonchev–Trinajstić information content (AvgIpc) is 2.28. The van der Waals surface area contributed by atoms with Gasteiger partial charge in [-0.1, -0.05) is 0 Å². The Balaban J connectivity index is 2.92. The first kappa shape index (κ1) is 17.9. The fourth-order valence-electron chi connectivity index (χ4n) is 1.39. The van der Waals surface area contributed by atoms with Gasteiger partial charge in [-0.2, -0.15) is 0 Å². The highest BCUT2D eigenvalue weighted by Crippen LogP contribution is 2.24. The summed E-state index contributed by atoms with van der Waals surface area (Å²) in [4.78, 5) is -0.518. The third-order valence-electron chi connectivity index (χ3n) is 2.75. The Hall–Kier alpha value is -1.19. The van der Waals surface area contributed by atoms with Gasteiger partial charge < -0.3 is 4.74 Å². The second kappa shape index (κ2) is 5.90. The lowest BCUT2D eigenvalue weighted by Gasteiger charge is -2.19. The van der Waals surface area contributed by atoms with Gasteiger partial charge >= 0.3 is 0 Å². The van der Waals surface area contributed by atoms with Crippen LogP contribution in [0, 0.1) is 5.82 Å². The molecule has 0 radical (unpaired) electrons. The molecule has 21 heavy (non-hydrogen) atoms. The largest absolute Gasteiger partial charge is 0.491 e. The molecule has 0 fully saturated rings. The summed E-state index contributed by atoms with van der Waals surface area (Å²) in [6.07, 6.45) is 0. The molecule has 120 valence electrons. The molecule has 0 aromatic heterocycles. The number of sulfonamides is 1. The van der Waals surface area contributed by atoms with Crippen LogP contribution in [0.25, 0.3) is 0 Å². The number of benzene rings is 1. The summed E-state index contributed by atoms with van der Waals surface area (Å²) >= 11 is 0. The van der Waals surface area contributed by atoms with Gasteiger partial charge in [0, 0.05) is 0 Å². The van der Waals surface area contributed by atoms with E-state index in [9.17, 15) is 21.2 Å². The van der Waals surface area contributed by atoms with E-state index in [4.69, 9.17) is 9.88 Å². The molecule has 0 bridgehead atoms. The van der Waals surface area contributed by atoms with Crippen LogP contribution in [0.1, 0.15) is 20.8 Å². The highest BCUT2D eigenvalue weighted by Gasteiger charge is 2.28. The molecule has 0 amide bonds. The molecule has 0 saturated carbocycles. The van der Waals surface area contributed by atoms with Crippen LogP contribution in [-0.4, -0.2) is 33.9 Å². The van der Waals surface area contributed by atoms with Crippen LogP contribution in [0.4, 0.5) is 4.39 Å².